The van der Waals surface area contributed by atoms with Crippen molar-refractivity contribution in [3.8, 4) is 0 Å². The smallest absolute Gasteiger partial charge is 0.0606 e. The standard InChI is InChI=1S/C17H27N3O/c1-2-19(11-12-21)16-5-3-14(4-6-16)18-15-9-10-20(13-15)17-7-8-17/h3-6,15,17-18,21H,2,7-13H2,1H3. The number of nitrogens with one attached hydrogen (secondary N) is 1. The summed E-state index contributed by atoms with van der Waals surface area (Å²) >= 11 is 0. The van der Waals surface area contributed by atoms with Crippen LogP contribution in [0.4, 0.5) is 11.4 Å². The molecule has 4 heteroatoms. The highest BCUT2D eigenvalue weighted by Crippen LogP contribution is 2.30. The van der Waals surface area contributed by atoms with E-state index in [0.29, 0.717) is 12.6 Å². The first-order valence-corrected chi connectivity index (χ1v) is 8.26. The maximum atomic E-state index is 9.09. The Kier molecular flexibility index (Phi) is 4.66. The maximum Gasteiger partial charge on any atom is 0.0606 e. The summed E-state index contributed by atoms with van der Waals surface area (Å²) in [6.07, 6.45) is 4.06. The zero-order valence-corrected chi connectivity index (χ0v) is 13.0. The first kappa shape index (κ1) is 14.7. The number of likely N-dealkylation sites (N-methyl/N-ethyl adjacent to an activating group) is 1. The van der Waals surface area contributed by atoms with E-state index in [1.165, 1.54) is 43.7 Å². The molecule has 1 heterocycles. The minimum absolute atomic E-state index is 0.201. The van der Waals surface area contributed by atoms with E-state index in [9.17, 15) is 0 Å². The van der Waals surface area contributed by atoms with E-state index < -0.39 is 0 Å². The Labute approximate surface area is 127 Å². The number of likely N-dealkylation sites (tertiary alicyclic amines) is 1. The van der Waals surface area contributed by atoms with Crippen LogP contribution in [0, 0.1) is 0 Å². The van der Waals surface area contributed by atoms with Gasteiger partial charge in [0.1, 0.15) is 0 Å². The van der Waals surface area contributed by atoms with Crippen LogP contribution in [0.1, 0.15) is 26.2 Å². The molecule has 1 saturated carbocycles. The van der Waals surface area contributed by atoms with Gasteiger partial charge in [-0.15, -0.1) is 0 Å². The molecule has 1 aromatic rings. The van der Waals surface area contributed by atoms with E-state index in [4.69, 9.17) is 5.11 Å². The Morgan fingerprint density at radius 1 is 1.24 bits per heavy atom. The molecule has 0 spiro atoms. The number of benzene rings is 1. The molecule has 1 saturated heterocycles. The van der Waals surface area contributed by atoms with Crippen LogP contribution in [0.15, 0.2) is 24.3 Å². The summed E-state index contributed by atoms with van der Waals surface area (Å²) in [5.41, 5.74) is 2.39. The summed E-state index contributed by atoms with van der Waals surface area (Å²) in [5.74, 6) is 0. The number of aliphatic hydroxyl groups excluding tert-OH is 1. The van der Waals surface area contributed by atoms with Crippen molar-refractivity contribution in [1.29, 1.82) is 0 Å². The molecular weight excluding hydrogens is 262 g/mol. The van der Waals surface area contributed by atoms with Gasteiger partial charge in [0.15, 0.2) is 0 Å². The molecule has 0 aromatic heterocycles. The predicted molar refractivity (Wildman–Crippen MR) is 88.0 cm³/mol. The lowest BCUT2D eigenvalue weighted by molar-refractivity contribution is 0.302. The van der Waals surface area contributed by atoms with Crippen molar-refractivity contribution in [2.45, 2.75) is 38.3 Å². The van der Waals surface area contributed by atoms with Crippen molar-refractivity contribution in [1.82, 2.24) is 4.90 Å². The molecule has 1 atom stereocenters. The van der Waals surface area contributed by atoms with Crippen LogP contribution >= 0.6 is 0 Å². The fourth-order valence-corrected chi connectivity index (χ4v) is 3.27. The van der Waals surface area contributed by atoms with Gasteiger partial charge in [-0.1, -0.05) is 0 Å². The van der Waals surface area contributed by atoms with Gasteiger partial charge in [0.25, 0.3) is 0 Å². The van der Waals surface area contributed by atoms with Crippen LogP contribution < -0.4 is 10.2 Å². The van der Waals surface area contributed by atoms with Crippen molar-refractivity contribution in [2.75, 3.05) is 43.0 Å². The molecule has 0 radical (unpaired) electrons. The Balaban J connectivity index is 1.54. The lowest BCUT2D eigenvalue weighted by atomic mass is 10.2. The van der Waals surface area contributed by atoms with Gasteiger partial charge in [-0.05, 0) is 50.5 Å². The second kappa shape index (κ2) is 6.67. The zero-order valence-electron chi connectivity index (χ0n) is 13.0. The van der Waals surface area contributed by atoms with Crippen molar-refractivity contribution in [2.24, 2.45) is 0 Å². The summed E-state index contributed by atoms with van der Waals surface area (Å²) < 4.78 is 0. The summed E-state index contributed by atoms with van der Waals surface area (Å²) in [4.78, 5) is 4.82. The highest BCUT2D eigenvalue weighted by atomic mass is 16.3. The van der Waals surface area contributed by atoms with Crippen LogP contribution in [0.3, 0.4) is 0 Å². The highest BCUT2D eigenvalue weighted by molar-refractivity contribution is 5.55. The van der Waals surface area contributed by atoms with Crippen LogP contribution in [-0.2, 0) is 0 Å². The first-order valence-electron chi connectivity index (χ1n) is 8.26. The number of aliphatic hydroxyl groups is 1. The maximum absolute atomic E-state index is 9.09. The lowest BCUT2D eigenvalue weighted by Crippen LogP contribution is -2.28. The molecule has 2 aliphatic rings. The van der Waals surface area contributed by atoms with E-state index in [0.717, 1.165) is 12.6 Å². The molecule has 4 nitrogen and oxygen atoms in total. The molecule has 2 N–H and O–H groups in total. The molecule has 2 fully saturated rings. The van der Waals surface area contributed by atoms with Gasteiger partial charge in [-0.25, -0.2) is 0 Å². The quantitative estimate of drug-likeness (QED) is 0.807. The summed E-state index contributed by atoms with van der Waals surface area (Å²) in [6, 6.07) is 10.1. The molecule has 0 amide bonds. The van der Waals surface area contributed by atoms with Gasteiger partial charge in [-0.2, -0.15) is 0 Å². The second-order valence-corrected chi connectivity index (χ2v) is 6.21. The lowest BCUT2D eigenvalue weighted by Gasteiger charge is -2.22. The first-order chi connectivity index (χ1) is 10.3. The van der Waals surface area contributed by atoms with Gasteiger partial charge in [0.05, 0.1) is 6.61 Å². The van der Waals surface area contributed by atoms with E-state index in [1.54, 1.807) is 0 Å². The topological polar surface area (TPSA) is 38.7 Å². The van der Waals surface area contributed by atoms with Gasteiger partial charge < -0.3 is 15.3 Å². The third-order valence-electron chi connectivity index (χ3n) is 4.64. The van der Waals surface area contributed by atoms with Crippen LogP contribution in [0.2, 0.25) is 0 Å². The summed E-state index contributed by atoms with van der Waals surface area (Å²) in [7, 11) is 0. The fraction of sp³-hybridized carbons (Fsp3) is 0.647. The van der Waals surface area contributed by atoms with E-state index in [1.807, 2.05) is 0 Å². The van der Waals surface area contributed by atoms with Gasteiger partial charge in [-0.3, -0.25) is 4.90 Å². The molecular formula is C17H27N3O. The van der Waals surface area contributed by atoms with E-state index in [-0.39, 0.29) is 6.61 Å². The molecule has 3 rings (SSSR count). The van der Waals surface area contributed by atoms with Crippen molar-refractivity contribution in [3.63, 3.8) is 0 Å². The van der Waals surface area contributed by atoms with Gasteiger partial charge >= 0.3 is 0 Å². The Morgan fingerprint density at radius 3 is 2.62 bits per heavy atom. The van der Waals surface area contributed by atoms with E-state index in [2.05, 4.69) is 46.3 Å². The number of hydrogen-bond donors (Lipinski definition) is 2. The zero-order chi connectivity index (χ0) is 14.7. The number of hydrogen-bond acceptors (Lipinski definition) is 4. The molecule has 1 unspecified atom stereocenters. The minimum atomic E-state index is 0.201. The Bertz CT molecular complexity index is 444. The third-order valence-corrected chi connectivity index (χ3v) is 4.64. The second-order valence-electron chi connectivity index (χ2n) is 6.21. The number of nitrogens with zero attached hydrogens (tertiary/aromatic N) is 2. The highest BCUT2D eigenvalue weighted by Gasteiger charge is 2.34. The van der Waals surface area contributed by atoms with Gasteiger partial charge in [0, 0.05) is 49.6 Å². The molecule has 21 heavy (non-hydrogen) atoms. The largest absolute Gasteiger partial charge is 0.395 e. The van der Waals surface area contributed by atoms with Crippen LogP contribution in [-0.4, -0.2) is 54.9 Å². The van der Waals surface area contributed by atoms with Crippen molar-refractivity contribution < 1.29 is 5.11 Å². The monoisotopic (exact) mass is 289 g/mol. The van der Waals surface area contributed by atoms with Crippen LogP contribution in [0.25, 0.3) is 0 Å². The number of anilines is 2. The molecule has 116 valence electrons. The van der Waals surface area contributed by atoms with Crippen LogP contribution in [0.5, 0.6) is 0 Å². The average Bonchev–Trinajstić information content (AvgIpc) is 3.26. The SMILES string of the molecule is CCN(CCO)c1ccc(NC2CCN(C3CC3)C2)cc1. The number of rotatable bonds is 7. The average molecular weight is 289 g/mol. The molecule has 1 aromatic carbocycles. The summed E-state index contributed by atoms with van der Waals surface area (Å²) in [5, 5.41) is 12.7. The molecule has 1 aliphatic heterocycles. The predicted octanol–water partition coefficient (Wildman–Crippen LogP) is 2.15. The third kappa shape index (κ3) is 3.69. The fourth-order valence-electron chi connectivity index (χ4n) is 3.27. The molecule has 1 aliphatic carbocycles. The van der Waals surface area contributed by atoms with E-state index >= 15 is 0 Å². The van der Waals surface area contributed by atoms with Crippen molar-refractivity contribution >= 4 is 11.4 Å². The summed E-state index contributed by atoms with van der Waals surface area (Å²) in [6.45, 7) is 6.38. The Hall–Kier alpha value is -1.26. The Morgan fingerprint density at radius 2 is 2.00 bits per heavy atom. The van der Waals surface area contributed by atoms with Gasteiger partial charge in [0.2, 0.25) is 0 Å². The normalized spacial score (nSPS) is 22.5. The molecule has 0 bridgehead atoms. The van der Waals surface area contributed by atoms with Crippen molar-refractivity contribution in [3.05, 3.63) is 24.3 Å². The minimum Gasteiger partial charge on any atom is -0.395 e.